The van der Waals surface area contributed by atoms with E-state index in [1.54, 1.807) is 12.1 Å². The summed E-state index contributed by atoms with van der Waals surface area (Å²) < 4.78 is 1.73. The molecule has 4 nitrogen and oxygen atoms in total. The van der Waals surface area contributed by atoms with Crippen molar-refractivity contribution in [2.75, 3.05) is 0 Å². The average molecular weight is 321 g/mol. The molecule has 1 heterocycles. The Morgan fingerprint density at radius 2 is 2.21 bits per heavy atom. The first kappa shape index (κ1) is 9.66. The predicted octanol–water partition coefficient (Wildman–Crippen LogP) is 3.12. The maximum atomic E-state index is 10.6. The molecule has 0 aliphatic heterocycles. The van der Waals surface area contributed by atoms with Crippen molar-refractivity contribution in [3.63, 3.8) is 0 Å². The van der Waals surface area contributed by atoms with Gasteiger partial charge in [0, 0.05) is 8.27 Å². The first-order valence-corrected chi connectivity index (χ1v) is 5.54. The van der Waals surface area contributed by atoms with Gasteiger partial charge >= 0.3 is 5.69 Å². The minimum Gasteiger partial charge on any atom is -0.495 e. The summed E-state index contributed by atoms with van der Waals surface area (Å²) in [7, 11) is 0. The summed E-state index contributed by atoms with van der Waals surface area (Å²) in [5.74, 6) is 0. The Bertz CT molecular complexity index is 523. The van der Waals surface area contributed by atoms with Gasteiger partial charge in [-0.2, -0.15) is 0 Å². The molecule has 72 valence electrons. The third-order valence-electron chi connectivity index (χ3n) is 1.79. The molecule has 0 radical (unpaired) electrons. The van der Waals surface area contributed by atoms with Gasteiger partial charge in [-0.05, 0) is 40.8 Å². The highest BCUT2D eigenvalue weighted by atomic mass is 127. The molecule has 2 aromatic rings. The molecule has 1 aromatic carbocycles. The summed E-state index contributed by atoms with van der Waals surface area (Å²) in [5, 5.41) is 20.3. The molecule has 14 heavy (non-hydrogen) atoms. The largest absolute Gasteiger partial charge is 0.495 e. The molecule has 0 saturated heterocycles. The number of fused-ring (bicyclic) bond motifs is 1. The van der Waals surface area contributed by atoms with Crippen LogP contribution in [0.5, 0.6) is 5.06 Å². The number of nitrogens with zero attached hydrogens (tertiary/aromatic N) is 1. The highest BCUT2D eigenvalue weighted by Crippen LogP contribution is 2.42. The van der Waals surface area contributed by atoms with E-state index in [4.69, 9.17) is 0 Å². The lowest BCUT2D eigenvalue weighted by Gasteiger charge is -1.90. The maximum absolute atomic E-state index is 10.6. The Kier molecular flexibility index (Phi) is 2.31. The van der Waals surface area contributed by atoms with Gasteiger partial charge in [0.25, 0.3) is 5.06 Å². The smallest absolute Gasteiger partial charge is 0.330 e. The number of halogens is 1. The maximum Gasteiger partial charge on any atom is 0.330 e. The average Bonchev–Trinajstić information content (AvgIpc) is 2.39. The molecule has 1 aromatic heterocycles. The van der Waals surface area contributed by atoms with E-state index in [-0.39, 0.29) is 10.8 Å². The van der Waals surface area contributed by atoms with Crippen LogP contribution in [0.15, 0.2) is 18.2 Å². The zero-order valence-corrected chi connectivity index (χ0v) is 9.70. The Morgan fingerprint density at radius 3 is 2.86 bits per heavy atom. The Hall–Kier alpha value is -0.890. The van der Waals surface area contributed by atoms with E-state index in [9.17, 15) is 15.2 Å². The second-order valence-electron chi connectivity index (χ2n) is 2.65. The van der Waals surface area contributed by atoms with Crippen molar-refractivity contribution in [3.8, 4) is 5.06 Å². The number of rotatable bonds is 1. The molecule has 6 heteroatoms. The minimum absolute atomic E-state index is 0.193. The van der Waals surface area contributed by atoms with E-state index in [1.807, 2.05) is 6.07 Å². The molecular formula is C8H4INO3S. The molecule has 0 atom stereocenters. The summed E-state index contributed by atoms with van der Waals surface area (Å²) in [6, 6.07) is 5.25. The first-order valence-electron chi connectivity index (χ1n) is 3.65. The van der Waals surface area contributed by atoms with Crippen LogP contribution in [-0.2, 0) is 0 Å². The van der Waals surface area contributed by atoms with Gasteiger partial charge in [0.05, 0.1) is 10.3 Å². The van der Waals surface area contributed by atoms with Crippen molar-refractivity contribution >= 4 is 49.7 Å². The van der Waals surface area contributed by atoms with E-state index in [0.29, 0.717) is 5.39 Å². The minimum atomic E-state index is -0.555. The Balaban J connectivity index is 2.84. The molecule has 0 spiro atoms. The van der Waals surface area contributed by atoms with Gasteiger partial charge < -0.3 is 5.11 Å². The number of hydrogen-bond acceptors (Lipinski definition) is 4. The number of hydrogen-bond donors (Lipinski definition) is 1. The molecule has 0 saturated carbocycles. The molecular weight excluding hydrogens is 317 g/mol. The van der Waals surface area contributed by atoms with E-state index in [1.165, 1.54) is 0 Å². The van der Waals surface area contributed by atoms with Crippen LogP contribution >= 0.6 is 33.9 Å². The van der Waals surface area contributed by atoms with Gasteiger partial charge in [-0.3, -0.25) is 10.1 Å². The second kappa shape index (κ2) is 3.35. The first-order chi connectivity index (χ1) is 6.59. The van der Waals surface area contributed by atoms with Crippen LogP contribution in [0.25, 0.3) is 10.1 Å². The molecule has 0 amide bonds. The molecule has 0 aliphatic rings. The van der Waals surface area contributed by atoms with E-state index in [0.717, 1.165) is 19.6 Å². The fourth-order valence-corrected chi connectivity index (χ4v) is 2.87. The van der Waals surface area contributed by atoms with Crippen molar-refractivity contribution in [1.82, 2.24) is 0 Å². The lowest BCUT2D eigenvalue weighted by atomic mass is 10.2. The van der Waals surface area contributed by atoms with Gasteiger partial charge in [0.1, 0.15) is 0 Å². The lowest BCUT2D eigenvalue weighted by Crippen LogP contribution is -1.85. The molecule has 0 bridgehead atoms. The topological polar surface area (TPSA) is 63.4 Å². The third kappa shape index (κ3) is 1.44. The van der Waals surface area contributed by atoms with Gasteiger partial charge in [-0.1, -0.05) is 11.3 Å². The molecule has 0 aliphatic carbocycles. The summed E-state index contributed by atoms with van der Waals surface area (Å²) in [5.41, 5.74) is -0.193. The monoisotopic (exact) mass is 321 g/mol. The van der Waals surface area contributed by atoms with Crippen LogP contribution in [0.1, 0.15) is 0 Å². The number of benzene rings is 1. The fourth-order valence-electron chi connectivity index (χ4n) is 1.22. The van der Waals surface area contributed by atoms with Crippen LogP contribution in [0.3, 0.4) is 0 Å². The van der Waals surface area contributed by atoms with E-state index in [2.05, 4.69) is 22.6 Å². The Morgan fingerprint density at radius 1 is 1.50 bits per heavy atom. The molecule has 1 N–H and O–H groups in total. The number of thiophene rings is 1. The summed E-state index contributed by atoms with van der Waals surface area (Å²) in [4.78, 5) is 10.1. The third-order valence-corrected chi connectivity index (χ3v) is 3.41. The zero-order valence-electron chi connectivity index (χ0n) is 6.73. The van der Waals surface area contributed by atoms with E-state index >= 15 is 0 Å². The highest BCUT2D eigenvalue weighted by molar-refractivity contribution is 14.1. The van der Waals surface area contributed by atoms with E-state index < -0.39 is 4.92 Å². The lowest BCUT2D eigenvalue weighted by molar-refractivity contribution is -0.383. The van der Waals surface area contributed by atoms with Crippen LogP contribution in [-0.4, -0.2) is 10.0 Å². The van der Waals surface area contributed by atoms with Crippen molar-refractivity contribution in [2.45, 2.75) is 0 Å². The molecule has 2 rings (SSSR count). The van der Waals surface area contributed by atoms with Gasteiger partial charge in [-0.25, -0.2) is 0 Å². The van der Waals surface area contributed by atoms with Gasteiger partial charge in [0.2, 0.25) is 0 Å². The van der Waals surface area contributed by atoms with Gasteiger partial charge in [0.15, 0.2) is 0 Å². The van der Waals surface area contributed by atoms with Crippen molar-refractivity contribution in [1.29, 1.82) is 0 Å². The number of nitro groups is 1. The van der Waals surface area contributed by atoms with Crippen LogP contribution in [0, 0.1) is 13.7 Å². The standard InChI is InChI=1S/C8H4INO3S/c9-4-1-2-5-6(3-4)14-8(11)7(5)10(12)13/h1-3,11H. The van der Waals surface area contributed by atoms with Crippen molar-refractivity contribution < 1.29 is 10.0 Å². The molecule has 0 unspecified atom stereocenters. The second-order valence-corrected chi connectivity index (χ2v) is 4.93. The van der Waals surface area contributed by atoms with Crippen LogP contribution < -0.4 is 0 Å². The summed E-state index contributed by atoms with van der Waals surface area (Å²) >= 11 is 3.15. The zero-order chi connectivity index (χ0) is 10.3. The quantitative estimate of drug-likeness (QED) is 0.499. The normalized spacial score (nSPS) is 10.6. The van der Waals surface area contributed by atoms with Crippen molar-refractivity contribution in [3.05, 3.63) is 31.9 Å². The van der Waals surface area contributed by atoms with Gasteiger partial charge in [-0.15, -0.1) is 0 Å². The van der Waals surface area contributed by atoms with Crippen LogP contribution in [0.2, 0.25) is 0 Å². The highest BCUT2D eigenvalue weighted by Gasteiger charge is 2.21. The summed E-state index contributed by atoms with van der Waals surface area (Å²) in [6.45, 7) is 0. The molecule has 0 fully saturated rings. The fraction of sp³-hybridized carbons (Fsp3) is 0. The SMILES string of the molecule is O=[N+]([O-])c1c(O)sc2cc(I)ccc12. The predicted molar refractivity (Wildman–Crippen MR) is 62.9 cm³/mol. The Labute approximate surface area is 96.5 Å². The van der Waals surface area contributed by atoms with Crippen LogP contribution in [0.4, 0.5) is 5.69 Å². The number of aromatic hydroxyl groups is 1. The summed E-state index contributed by atoms with van der Waals surface area (Å²) in [6.07, 6.45) is 0. The van der Waals surface area contributed by atoms with Crippen molar-refractivity contribution in [2.24, 2.45) is 0 Å².